The topological polar surface area (TPSA) is 51.4 Å². The molecule has 1 aliphatic heterocycles. The molecule has 2 rings (SSSR count). The van der Waals surface area contributed by atoms with Crippen molar-refractivity contribution in [2.45, 2.75) is 19.4 Å². The number of anilines is 1. The van der Waals surface area contributed by atoms with E-state index in [4.69, 9.17) is 22.7 Å². The van der Waals surface area contributed by atoms with E-state index in [0.717, 1.165) is 31.9 Å². The summed E-state index contributed by atoms with van der Waals surface area (Å²) in [6.45, 7) is 4.51. The molecule has 2 heterocycles. The standard InChI is InChI=1S/C12H17N3OS/c1-2-9-8-16-7-6-15(9)10-4-3-5-14-11(10)12(13)17/h3-5,9H,2,6-8H2,1H3,(H2,13,17). The summed E-state index contributed by atoms with van der Waals surface area (Å²) in [7, 11) is 0. The van der Waals surface area contributed by atoms with Crippen LogP contribution in [-0.2, 0) is 4.74 Å². The summed E-state index contributed by atoms with van der Waals surface area (Å²) >= 11 is 5.05. The first-order valence-electron chi connectivity index (χ1n) is 5.83. The number of rotatable bonds is 3. The molecule has 92 valence electrons. The number of ether oxygens (including phenoxy) is 1. The summed E-state index contributed by atoms with van der Waals surface area (Å²) in [5.41, 5.74) is 7.45. The van der Waals surface area contributed by atoms with Crippen molar-refractivity contribution in [2.75, 3.05) is 24.7 Å². The van der Waals surface area contributed by atoms with Crippen LogP contribution in [0.5, 0.6) is 0 Å². The maximum absolute atomic E-state index is 5.72. The predicted molar refractivity (Wildman–Crippen MR) is 72.4 cm³/mol. The Hall–Kier alpha value is -1.20. The van der Waals surface area contributed by atoms with Crippen LogP contribution in [0.3, 0.4) is 0 Å². The molecule has 2 N–H and O–H groups in total. The minimum atomic E-state index is 0.349. The van der Waals surface area contributed by atoms with Gasteiger partial charge in [0.15, 0.2) is 0 Å². The molecule has 5 heteroatoms. The molecule has 1 unspecified atom stereocenters. The van der Waals surface area contributed by atoms with Gasteiger partial charge >= 0.3 is 0 Å². The van der Waals surface area contributed by atoms with Gasteiger partial charge < -0.3 is 15.4 Å². The molecule has 0 amide bonds. The van der Waals surface area contributed by atoms with E-state index in [2.05, 4.69) is 16.8 Å². The Bertz CT molecular complexity index is 410. The van der Waals surface area contributed by atoms with Gasteiger partial charge in [0.1, 0.15) is 10.7 Å². The van der Waals surface area contributed by atoms with Gasteiger partial charge in [-0.3, -0.25) is 4.98 Å². The molecule has 0 spiro atoms. The SMILES string of the molecule is CCC1COCCN1c1cccnc1C(N)=S. The summed E-state index contributed by atoms with van der Waals surface area (Å²) in [6.07, 6.45) is 2.76. The molecule has 0 aliphatic carbocycles. The van der Waals surface area contributed by atoms with Crippen LogP contribution in [0.1, 0.15) is 19.0 Å². The van der Waals surface area contributed by atoms with Crippen LogP contribution in [0.15, 0.2) is 18.3 Å². The fourth-order valence-electron chi connectivity index (χ4n) is 2.13. The van der Waals surface area contributed by atoms with Gasteiger partial charge in [-0.05, 0) is 18.6 Å². The van der Waals surface area contributed by atoms with Crippen LogP contribution in [0.25, 0.3) is 0 Å². The van der Waals surface area contributed by atoms with Gasteiger partial charge in [-0.1, -0.05) is 19.1 Å². The molecule has 4 nitrogen and oxygen atoms in total. The molecule has 0 saturated carbocycles. The predicted octanol–water partition coefficient (Wildman–Crippen LogP) is 1.33. The lowest BCUT2D eigenvalue weighted by Gasteiger charge is -2.37. The van der Waals surface area contributed by atoms with E-state index in [1.54, 1.807) is 6.20 Å². The lowest BCUT2D eigenvalue weighted by molar-refractivity contribution is 0.0929. The van der Waals surface area contributed by atoms with E-state index in [1.807, 2.05) is 12.1 Å². The summed E-state index contributed by atoms with van der Waals surface area (Å²) in [6, 6.07) is 4.32. The van der Waals surface area contributed by atoms with Crippen LogP contribution in [0, 0.1) is 0 Å². The van der Waals surface area contributed by atoms with E-state index in [0.29, 0.717) is 16.7 Å². The van der Waals surface area contributed by atoms with Crippen molar-refractivity contribution in [3.63, 3.8) is 0 Å². The van der Waals surface area contributed by atoms with Crippen molar-refractivity contribution < 1.29 is 4.74 Å². The molecule has 1 aliphatic rings. The fraction of sp³-hybridized carbons (Fsp3) is 0.500. The minimum absolute atomic E-state index is 0.349. The van der Waals surface area contributed by atoms with Gasteiger partial charge in [-0.15, -0.1) is 0 Å². The van der Waals surface area contributed by atoms with Crippen LogP contribution in [-0.4, -0.2) is 35.8 Å². The molecule has 0 aromatic carbocycles. The van der Waals surface area contributed by atoms with Crippen molar-refractivity contribution in [1.82, 2.24) is 4.98 Å². The van der Waals surface area contributed by atoms with Crippen LogP contribution in [0.4, 0.5) is 5.69 Å². The third-order valence-corrected chi connectivity index (χ3v) is 3.22. The Morgan fingerprint density at radius 1 is 1.71 bits per heavy atom. The molecule has 0 bridgehead atoms. The molecule has 1 saturated heterocycles. The van der Waals surface area contributed by atoms with Gasteiger partial charge in [-0.25, -0.2) is 0 Å². The molecule has 1 aromatic heterocycles. The summed E-state index contributed by atoms with van der Waals surface area (Å²) in [5, 5.41) is 0. The van der Waals surface area contributed by atoms with Gasteiger partial charge in [0.05, 0.1) is 24.9 Å². The van der Waals surface area contributed by atoms with Gasteiger partial charge in [0.25, 0.3) is 0 Å². The van der Waals surface area contributed by atoms with Crippen LogP contribution < -0.4 is 10.6 Å². The van der Waals surface area contributed by atoms with Crippen molar-refractivity contribution >= 4 is 22.9 Å². The maximum atomic E-state index is 5.72. The lowest BCUT2D eigenvalue weighted by Crippen LogP contribution is -2.46. The Labute approximate surface area is 107 Å². The third kappa shape index (κ3) is 2.56. The van der Waals surface area contributed by atoms with Crippen molar-refractivity contribution in [2.24, 2.45) is 5.73 Å². The number of nitrogens with zero attached hydrogens (tertiary/aromatic N) is 2. The van der Waals surface area contributed by atoms with E-state index in [1.165, 1.54) is 0 Å². The van der Waals surface area contributed by atoms with Crippen LogP contribution in [0.2, 0.25) is 0 Å². The summed E-state index contributed by atoms with van der Waals surface area (Å²) < 4.78 is 5.50. The number of aromatic nitrogens is 1. The number of pyridine rings is 1. The molecular formula is C12H17N3OS. The average Bonchev–Trinajstić information content (AvgIpc) is 2.38. The third-order valence-electron chi connectivity index (χ3n) is 3.03. The number of hydrogen-bond donors (Lipinski definition) is 1. The molecule has 1 aromatic rings. The van der Waals surface area contributed by atoms with Gasteiger partial charge in [-0.2, -0.15) is 0 Å². The Kier molecular flexibility index (Phi) is 3.91. The first-order valence-corrected chi connectivity index (χ1v) is 6.24. The molecule has 0 radical (unpaired) electrons. The lowest BCUT2D eigenvalue weighted by atomic mass is 10.1. The zero-order chi connectivity index (χ0) is 12.3. The second kappa shape index (κ2) is 5.42. The number of thiocarbonyl (C=S) groups is 1. The highest BCUT2D eigenvalue weighted by Crippen LogP contribution is 2.23. The Morgan fingerprint density at radius 3 is 3.24 bits per heavy atom. The monoisotopic (exact) mass is 251 g/mol. The number of nitrogens with two attached hydrogens (primary N) is 1. The number of morpholine rings is 1. The Morgan fingerprint density at radius 2 is 2.53 bits per heavy atom. The van der Waals surface area contributed by atoms with Crippen molar-refractivity contribution in [1.29, 1.82) is 0 Å². The molecule has 1 atom stereocenters. The van der Waals surface area contributed by atoms with E-state index >= 15 is 0 Å². The molecule has 1 fully saturated rings. The Balaban J connectivity index is 2.34. The average molecular weight is 251 g/mol. The largest absolute Gasteiger partial charge is 0.388 e. The minimum Gasteiger partial charge on any atom is -0.388 e. The quantitative estimate of drug-likeness (QED) is 0.821. The highest BCUT2D eigenvalue weighted by Gasteiger charge is 2.24. The molecule has 17 heavy (non-hydrogen) atoms. The van der Waals surface area contributed by atoms with E-state index in [-0.39, 0.29) is 0 Å². The van der Waals surface area contributed by atoms with E-state index < -0.39 is 0 Å². The van der Waals surface area contributed by atoms with Crippen molar-refractivity contribution in [3.05, 3.63) is 24.0 Å². The van der Waals surface area contributed by atoms with E-state index in [9.17, 15) is 0 Å². The zero-order valence-corrected chi connectivity index (χ0v) is 10.7. The normalized spacial score (nSPS) is 20.3. The van der Waals surface area contributed by atoms with Gasteiger partial charge in [0.2, 0.25) is 0 Å². The highest BCUT2D eigenvalue weighted by molar-refractivity contribution is 7.80. The summed E-state index contributed by atoms with van der Waals surface area (Å²) in [4.78, 5) is 6.92. The zero-order valence-electron chi connectivity index (χ0n) is 9.93. The second-order valence-corrected chi connectivity index (χ2v) is 4.51. The fourth-order valence-corrected chi connectivity index (χ4v) is 2.29. The van der Waals surface area contributed by atoms with Crippen LogP contribution >= 0.6 is 12.2 Å². The first-order chi connectivity index (χ1) is 8.24. The highest BCUT2D eigenvalue weighted by atomic mass is 32.1. The maximum Gasteiger partial charge on any atom is 0.124 e. The van der Waals surface area contributed by atoms with Crippen molar-refractivity contribution in [3.8, 4) is 0 Å². The smallest absolute Gasteiger partial charge is 0.124 e. The second-order valence-electron chi connectivity index (χ2n) is 4.07. The number of hydrogen-bond acceptors (Lipinski definition) is 4. The summed E-state index contributed by atoms with van der Waals surface area (Å²) in [5.74, 6) is 0. The first kappa shape index (κ1) is 12.3. The van der Waals surface area contributed by atoms with Gasteiger partial charge in [0, 0.05) is 12.7 Å². The molecular weight excluding hydrogens is 234 g/mol.